The number of ether oxygens (including phenoxy) is 3. The molecule has 0 fully saturated rings. The van der Waals surface area contributed by atoms with Gasteiger partial charge in [-0.2, -0.15) is 0 Å². The standard InChI is InChI=1S/C21H23FN2O5/c1-27-12-19(25)24-17-8-15(7-16(22)9-17)21(26)23-10-13-6-14-4-3-5-18(28-2)20(14)29-11-13/h3-5,7-9,13H,6,10-12H2,1-2H3,(H,23,26)(H,24,25). The third-order valence-corrected chi connectivity index (χ3v) is 4.52. The fourth-order valence-electron chi connectivity index (χ4n) is 3.21. The summed E-state index contributed by atoms with van der Waals surface area (Å²) in [6.07, 6.45) is 0.730. The summed E-state index contributed by atoms with van der Waals surface area (Å²) in [4.78, 5) is 24.1. The average Bonchev–Trinajstić information content (AvgIpc) is 2.71. The molecular weight excluding hydrogens is 379 g/mol. The number of fused-ring (bicyclic) bond motifs is 1. The van der Waals surface area contributed by atoms with Gasteiger partial charge in [0, 0.05) is 30.8 Å². The lowest BCUT2D eigenvalue weighted by molar-refractivity contribution is -0.119. The molecular formula is C21H23FN2O5. The van der Waals surface area contributed by atoms with Crippen LogP contribution in [-0.2, 0) is 16.0 Å². The first-order chi connectivity index (χ1) is 14.0. The van der Waals surface area contributed by atoms with Crippen molar-refractivity contribution < 1.29 is 28.2 Å². The number of amides is 2. The molecule has 2 N–H and O–H groups in total. The summed E-state index contributed by atoms with van der Waals surface area (Å²) in [5.74, 6) is 0.0217. The van der Waals surface area contributed by atoms with Crippen LogP contribution in [0.5, 0.6) is 11.5 Å². The third kappa shape index (κ3) is 5.23. The lowest BCUT2D eigenvalue weighted by Crippen LogP contribution is -2.35. The predicted octanol–water partition coefficient (Wildman–Crippen LogP) is 2.40. The summed E-state index contributed by atoms with van der Waals surface area (Å²) in [5.41, 5.74) is 1.33. The monoisotopic (exact) mass is 402 g/mol. The molecule has 0 aromatic heterocycles. The highest BCUT2D eigenvalue weighted by Crippen LogP contribution is 2.35. The van der Waals surface area contributed by atoms with Crippen molar-refractivity contribution in [3.63, 3.8) is 0 Å². The molecule has 1 aliphatic heterocycles. The van der Waals surface area contributed by atoms with Gasteiger partial charge in [-0.05, 0) is 36.2 Å². The molecule has 154 valence electrons. The second kappa shape index (κ2) is 9.38. The summed E-state index contributed by atoms with van der Waals surface area (Å²) in [7, 11) is 2.98. The molecule has 0 radical (unpaired) electrons. The highest BCUT2D eigenvalue weighted by atomic mass is 19.1. The molecule has 8 heteroatoms. The van der Waals surface area contributed by atoms with E-state index in [2.05, 4.69) is 10.6 Å². The number of anilines is 1. The maximum Gasteiger partial charge on any atom is 0.251 e. The molecule has 2 aromatic carbocycles. The van der Waals surface area contributed by atoms with Gasteiger partial charge in [0.15, 0.2) is 11.5 Å². The van der Waals surface area contributed by atoms with Crippen molar-refractivity contribution in [1.29, 1.82) is 0 Å². The molecule has 1 atom stereocenters. The maximum atomic E-state index is 13.9. The van der Waals surface area contributed by atoms with E-state index in [1.54, 1.807) is 7.11 Å². The lowest BCUT2D eigenvalue weighted by atomic mass is 9.96. The van der Waals surface area contributed by atoms with Gasteiger partial charge in [-0.1, -0.05) is 12.1 Å². The minimum absolute atomic E-state index is 0.0768. The van der Waals surface area contributed by atoms with Crippen molar-refractivity contribution in [2.75, 3.05) is 39.3 Å². The van der Waals surface area contributed by atoms with Gasteiger partial charge in [-0.15, -0.1) is 0 Å². The smallest absolute Gasteiger partial charge is 0.251 e. The number of carbonyl (C=O) groups is 2. The molecule has 3 rings (SSSR count). The Hall–Kier alpha value is -3.13. The zero-order chi connectivity index (χ0) is 20.8. The normalized spacial score (nSPS) is 15.1. The van der Waals surface area contributed by atoms with Gasteiger partial charge in [-0.25, -0.2) is 4.39 Å². The SMILES string of the molecule is COCC(=O)Nc1cc(F)cc(C(=O)NCC2COc3c(cccc3OC)C2)c1. The van der Waals surface area contributed by atoms with Gasteiger partial charge < -0.3 is 24.8 Å². The minimum Gasteiger partial charge on any atom is -0.493 e. The minimum atomic E-state index is -0.618. The van der Waals surface area contributed by atoms with Gasteiger partial charge in [0.05, 0.1) is 13.7 Å². The van der Waals surface area contributed by atoms with E-state index in [-0.39, 0.29) is 23.8 Å². The molecule has 2 amide bonds. The van der Waals surface area contributed by atoms with Crippen LogP contribution in [0, 0.1) is 11.7 Å². The summed E-state index contributed by atoms with van der Waals surface area (Å²) in [6.45, 7) is 0.651. The summed E-state index contributed by atoms with van der Waals surface area (Å²) >= 11 is 0. The number of nitrogens with one attached hydrogen (secondary N) is 2. The number of benzene rings is 2. The van der Waals surface area contributed by atoms with Gasteiger partial charge in [0.2, 0.25) is 5.91 Å². The van der Waals surface area contributed by atoms with Crippen molar-refractivity contribution in [1.82, 2.24) is 5.32 Å². The molecule has 1 aliphatic rings. The Morgan fingerprint density at radius 1 is 1.24 bits per heavy atom. The summed E-state index contributed by atoms with van der Waals surface area (Å²) < 4.78 is 29.7. The Morgan fingerprint density at radius 2 is 2.07 bits per heavy atom. The van der Waals surface area contributed by atoms with Crippen molar-refractivity contribution in [2.45, 2.75) is 6.42 Å². The van der Waals surface area contributed by atoms with Crippen LogP contribution in [0.25, 0.3) is 0 Å². The van der Waals surface area contributed by atoms with Crippen LogP contribution in [0.3, 0.4) is 0 Å². The van der Waals surface area contributed by atoms with E-state index in [9.17, 15) is 14.0 Å². The van der Waals surface area contributed by atoms with Gasteiger partial charge in [0.25, 0.3) is 5.91 Å². The van der Waals surface area contributed by atoms with Crippen LogP contribution in [0.4, 0.5) is 10.1 Å². The largest absolute Gasteiger partial charge is 0.493 e. The molecule has 0 saturated heterocycles. The zero-order valence-electron chi connectivity index (χ0n) is 16.3. The second-order valence-electron chi connectivity index (χ2n) is 6.75. The van der Waals surface area contributed by atoms with Gasteiger partial charge >= 0.3 is 0 Å². The Morgan fingerprint density at radius 3 is 2.83 bits per heavy atom. The number of methoxy groups -OCH3 is 2. The van der Waals surface area contributed by atoms with E-state index in [0.717, 1.165) is 29.9 Å². The fraction of sp³-hybridized carbons (Fsp3) is 0.333. The van der Waals surface area contributed by atoms with Crippen LogP contribution in [0.1, 0.15) is 15.9 Å². The van der Waals surface area contributed by atoms with Crippen LogP contribution in [0.15, 0.2) is 36.4 Å². The molecule has 7 nitrogen and oxygen atoms in total. The summed E-state index contributed by atoms with van der Waals surface area (Å²) in [6, 6.07) is 9.39. The van der Waals surface area contributed by atoms with E-state index < -0.39 is 17.6 Å². The first-order valence-electron chi connectivity index (χ1n) is 9.16. The average molecular weight is 402 g/mol. The highest BCUT2D eigenvalue weighted by molar-refractivity contribution is 5.97. The van der Waals surface area contributed by atoms with Crippen molar-refractivity contribution in [2.24, 2.45) is 5.92 Å². The molecule has 0 saturated carbocycles. The Labute approximate surface area is 168 Å². The van der Waals surface area contributed by atoms with Gasteiger partial charge in [0.1, 0.15) is 12.4 Å². The van der Waals surface area contributed by atoms with Crippen molar-refractivity contribution in [3.8, 4) is 11.5 Å². The first-order valence-corrected chi connectivity index (χ1v) is 9.16. The quantitative estimate of drug-likeness (QED) is 0.743. The zero-order valence-corrected chi connectivity index (χ0v) is 16.3. The van der Waals surface area contributed by atoms with E-state index >= 15 is 0 Å². The molecule has 0 spiro atoms. The van der Waals surface area contributed by atoms with Crippen LogP contribution >= 0.6 is 0 Å². The molecule has 0 bridgehead atoms. The summed E-state index contributed by atoms with van der Waals surface area (Å²) in [5, 5.41) is 5.30. The maximum absolute atomic E-state index is 13.9. The molecule has 2 aromatic rings. The van der Waals surface area contributed by atoms with Crippen LogP contribution in [-0.4, -0.2) is 45.8 Å². The number of para-hydroxylation sites is 1. The van der Waals surface area contributed by atoms with E-state index in [0.29, 0.717) is 18.9 Å². The molecule has 1 unspecified atom stereocenters. The number of hydrogen-bond acceptors (Lipinski definition) is 5. The van der Waals surface area contributed by atoms with E-state index in [1.807, 2.05) is 18.2 Å². The third-order valence-electron chi connectivity index (χ3n) is 4.52. The second-order valence-corrected chi connectivity index (χ2v) is 6.75. The van der Waals surface area contributed by atoms with Crippen LogP contribution < -0.4 is 20.1 Å². The lowest BCUT2D eigenvalue weighted by Gasteiger charge is -2.26. The van der Waals surface area contributed by atoms with Crippen LogP contribution in [0.2, 0.25) is 0 Å². The van der Waals surface area contributed by atoms with Gasteiger partial charge in [-0.3, -0.25) is 9.59 Å². The van der Waals surface area contributed by atoms with E-state index in [1.165, 1.54) is 13.2 Å². The Balaban J connectivity index is 1.61. The first kappa shape index (κ1) is 20.6. The number of rotatable bonds is 7. The topological polar surface area (TPSA) is 85.9 Å². The molecule has 0 aliphatic carbocycles. The molecule has 1 heterocycles. The fourth-order valence-corrected chi connectivity index (χ4v) is 3.21. The highest BCUT2D eigenvalue weighted by Gasteiger charge is 2.23. The van der Waals surface area contributed by atoms with Crippen molar-refractivity contribution >= 4 is 17.5 Å². The Kier molecular flexibility index (Phi) is 6.66. The molecule has 29 heavy (non-hydrogen) atoms. The number of hydrogen-bond donors (Lipinski definition) is 2. The van der Waals surface area contributed by atoms with E-state index in [4.69, 9.17) is 14.2 Å². The predicted molar refractivity (Wildman–Crippen MR) is 105 cm³/mol. The Bertz CT molecular complexity index is 903. The number of carbonyl (C=O) groups excluding carboxylic acids is 2. The van der Waals surface area contributed by atoms with Crippen molar-refractivity contribution in [3.05, 3.63) is 53.3 Å². The number of halogens is 1.